The number of methoxy groups -OCH3 is 1. The maximum absolute atomic E-state index is 6.24. The van der Waals surface area contributed by atoms with Crippen molar-refractivity contribution in [3.8, 4) is 5.75 Å². The molecule has 1 saturated carbocycles. The number of imidazole rings is 1. The second kappa shape index (κ2) is 6.83. The van der Waals surface area contributed by atoms with Gasteiger partial charge in [0.2, 0.25) is 5.95 Å². The molecular weight excluding hydrogens is 392 g/mol. The van der Waals surface area contributed by atoms with Gasteiger partial charge >= 0.3 is 0 Å². The van der Waals surface area contributed by atoms with E-state index in [-0.39, 0.29) is 5.92 Å². The average Bonchev–Trinajstić information content (AvgIpc) is 3.40. The van der Waals surface area contributed by atoms with Gasteiger partial charge in [-0.3, -0.25) is 0 Å². The van der Waals surface area contributed by atoms with E-state index in [0.717, 1.165) is 42.8 Å². The third-order valence-corrected chi connectivity index (χ3v) is 6.58. The van der Waals surface area contributed by atoms with Crippen LogP contribution in [0.2, 0.25) is 0 Å². The van der Waals surface area contributed by atoms with E-state index in [1.807, 2.05) is 24.4 Å². The van der Waals surface area contributed by atoms with Gasteiger partial charge in [-0.05, 0) is 37.8 Å². The third-order valence-electron chi connectivity index (χ3n) is 6.58. The van der Waals surface area contributed by atoms with Crippen molar-refractivity contribution in [1.29, 1.82) is 0 Å². The SMILES string of the molecule is COc1cccc2c1nc(N)n1nc([C@@H]3CCCN(c4cnc(C5CC5)n4C)C3)nc21. The number of nitrogens with two attached hydrogens (primary N) is 1. The molecule has 1 atom stereocenters. The lowest BCUT2D eigenvalue weighted by molar-refractivity contribution is 0.419. The van der Waals surface area contributed by atoms with Crippen LogP contribution in [0.5, 0.6) is 5.75 Å². The normalized spacial score (nSPS) is 19.4. The summed E-state index contributed by atoms with van der Waals surface area (Å²) >= 11 is 0. The van der Waals surface area contributed by atoms with Crippen LogP contribution < -0.4 is 15.4 Å². The van der Waals surface area contributed by atoms with Gasteiger partial charge in [-0.25, -0.2) is 15.0 Å². The van der Waals surface area contributed by atoms with Crippen molar-refractivity contribution >= 4 is 28.3 Å². The Balaban J connectivity index is 1.36. The summed E-state index contributed by atoms with van der Waals surface area (Å²) in [6.07, 6.45) is 6.68. The minimum absolute atomic E-state index is 0.230. The molecule has 6 rings (SSSR count). The van der Waals surface area contributed by atoms with Crippen LogP contribution in [0.1, 0.15) is 49.2 Å². The minimum Gasteiger partial charge on any atom is -0.494 e. The predicted molar refractivity (Wildman–Crippen MR) is 119 cm³/mol. The number of piperidine rings is 1. The van der Waals surface area contributed by atoms with Crippen molar-refractivity contribution in [3.63, 3.8) is 0 Å². The number of hydrogen-bond acceptors (Lipinski definition) is 7. The van der Waals surface area contributed by atoms with E-state index in [1.165, 1.54) is 24.5 Å². The highest BCUT2D eigenvalue weighted by Gasteiger charge is 2.31. The summed E-state index contributed by atoms with van der Waals surface area (Å²) in [7, 11) is 3.77. The summed E-state index contributed by atoms with van der Waals surface area (Å²) in [4.78, 5) is 16.6. The molecule has 2 N–H and O–H groups in total. The molecule has 9 heteroatoms. The van der Waals surface area contributed by atoms with Gasteiger partial charge in [-0.15, -0.1) is 5.10 Å². The van der Waals surface area contributed by atoms with Gasteiger partial charge in [0.15, 0.2) is 11.5 Å². The molecule has 1 aliphatic carbocycles. The molecule has 2 aliphatic rings. The molecule has 1 aliphatic heterocycles. The Morgan fingerprint density at radius 1 is 1.13 bits per heavy atom. The number of rotatable bonds is 4. The Hall–Kier alpha value is -3.36. The molecular formula is C22H26N8O. The molecule has 0 spiro atoms. The highest BCUT2D eigenvalue weighted by atomic mass is 16.5. The average molecular weight is 419 g/mol. The van der Waals surface area contributed by atoms with E-state index in [0.29, 0.717) is 23.1 Å². The Labute approximate surface area is 179 Å². The van der Waals surface area contributed by atoms with Gasteiger partial charge in [0, 0.05) is 37.4 Å². The summed E-state index contributed by atoms with van der Waals surface area (Å²) in [6, 6.07) is 5.81. The molecule has 0 radical (unpaired) electrons. The largest absolute Gasteiger partial charge is 0.494 e. The maximum atomic E-state index is 6.24. The molecule has 3 aromatic heterocycles. The zero-order valence-electron chi connectivity index (χ0n) is 17.8. The van der Waals surface area contributed by atoms with Crippen molar-refractivity contribution in [2.75, 3.05) is 30.8 Å². The fourth-order valence-electron chi connectivity index (χ4n) is 4.80. The number of hydrogen-bond donors (Lipinski definition) is 1. The number of aromatic nitrogens is 6. The Bertz CT molecular complexity index is 1290. The lowest BCUT2D eigenvalue weighted by Gasteiger charge is -2.33. The summed E-state index contributed by atoms with van der Waals surface area (Å²) in [5.41, 5.74) is 7.67. The van der Waals surface area contributed by atoms with Crippen molar-refractivity contribution in [2.24, 2.45) is 7.05 Å². The molecule has 1 aromatic carbocycles. The topological polar surface area (TPSA) is 99.4 Å². The number of para-hydroxylation sites is 1. The van der Waals surface area contributed by atoms with E-state index in [1.54, 1.807) is 11.6 Å². The van der Waals surface area contributed by atoms with Gasteiger partial charge in [0.05, 0.1) is 13.3 Å². The van der Waals surface area contributed by atoms with Crippen LogP contribution in [-0.2, 0) is 7.05 Å². The molecule has 4 aromatic rings. The van der Waals surface area contributed by atoms with Crippen LogP contribution in [-0.4, -0.2) is 49.3 Å². The summed E-state index contributed by atoms with van der Waals surface area (Å²) < 4.78 is 9.38. The van der Waals surface area contributed by atoms with E-state index in [9.17, 15) is 0 Å². The van der Waals surface area contributed by atoms with Crippen molar-refractivity contribution in [2.45, 2.75) is 37.5 Å². The van der Waals surface area contributed by atoms with Crippen LogP contribution >= 0.6 is 0 Å². The number of nitrogen functional groups attached to an aromatic ring is 1. The second-order valence-corrected chi connectivity index (χ2v) is 8.62. The van der Waals surface area contributed by atoms with E-state index in [4.69, 9.17) is 25.5 Å². The van der Waals surface area contributed by atoms with Gasteiger partial charge in [-0.2, -0.15) is 4.52 Å². The Morgan fingerprint density at radius 3 is 2.81 bits per heavy atom. The molecule has 160 valence electrons. The monoisotopic (exact) mass is 418 g/mol. The first-order chi connectivity index (χ1) is 15.1. The lowest BCUT2D eigenvalue weighted by atomic mass is 9.97. The van der Waals surface area contributed by atoms with Crippen LogP contribution in [0.4, 0.5) is 11.8 Å². The zero-order chi connectivity index (χ0) is 21.1. The fourth-order valence-corrected chi connectivity index (χ4v) is 4.80. The fraction of sp³-hybridized carbons (Fsp3) is 0.455. The summed E-state index contributed by atoms with van der Waals surface area (Å²) in [5.74, 6) is 5.09. The molecule has 0 amide bonds. The summed E-state index contributed by atoms with van der Waals surface area (Å²) in [6.45, 7) is 1.90. The highest BCUT2D eigenvalue weighted by molar-refractivity contribution is 5.95. The van der Waals surface area contributed by atoms with E-state index >= 15 is 0 Å². The standard InChI is InChI=1S/C22H26N8O/c1-28-17(11-24-20(28)13-8-9-13)29-10-4-5-14(12-29)19-26-21-15-6-3-7-16(31-2)18(15)25-22(23)30(21)27-19/h3,6-7,11,13-14H,4-5,8-10,12H2,1-2H3,(H2,23,25)/t14-/m1/s1. The second-order valence-electron chi connectivity index (χ2n) is 8.62. The third kappa shape index (κ3) is 2.90. The molecule has 4 heterocycles. The molecule has 0 bridgehead atoms. The van der Waals surface area contributed by atoms with Crippen LogP contribution in [0, 0.1) is 0 Å². The smallest absolute Gasteiger partial charge is 0.223 e. The van der Waals surface area contributed by atoms with Crippen LogP contribution in [0.3, 0.4) is 0 Å². The lowest BCUT2D eigenvalue weighted by Crippen LogP contribution is -2.36. The van der Waals surface area contributed by atoms with Gasteiger partial charge in [0.25, 0.3) is 0 Å². The van der Waals surface area contributed by atoms with E-state index in [2.05, 4.69) is 21.5 Å². The summed E-state index contributed by atoms with van der Waals surface area (Å²) in [5, 5.41) is 5.65. The minimum atomic E-state index is 0.230. The number of fused-ring (bicyclic) bond motifs is 3. The predicted octanol–water partition coefficient (Wildman–Crippen LogP) is 2.86. The maximum Gasteiger partial charge on any atom is 0.223 e. The van der Waals surface area contributed by atoms with Crippen LogP contribution in [0.15, 0.2) is 24.4 Å². The number of benzene rings is 1. The van der Waals surface area contributed by atoms with Gasteiger partial charge in [0.1, 0.15) is 22.9 Å². The van der Waals surface area contributed by atoms with Crippen molar-refractivity contribution in [3.05, 3.63) is 36.0 Å². The molecule has 31 heavy (non-hydrogen) atoms. The molecule has 9 nitrogen and oxygen atoms in total. The molecule has 1 saturated heterocycles. The number of nitrogens with zero attached hydrogens (tertiary/aromatic N) is 7. The highest BCUT2D eigenvalue weighted by Crippen LogP contribution is 2.40. The van der Waals surface area contributed by atoms with Crippen LogP contribution in [0.25, 0.3) is 16.6 Å². The zero-order valence-corrected chi connectivity index (χ0v) is 17.8. The van der Waals surface area contributed by atoms with Crippen molar-refractivity contribution < 1.29 is 4.74 Å². The number of ether oxygens (including phenoxy) is 1. The Morgan fingerprint density at radius 2 is 2.00 bits per heavy atom. The van der Waals surface area contributed by atoms with Crippen molar-refractivity contribution in [1.82, 2.24) is 29.1 Å². The van der Waals surface area contributed by atoms with Gasteiger partial charge in [-0.1, -0.05) is 6.07 Å². The molecule has 0 unspecified atom stereocenters. The first-order valence-corrected chi connectivity index (χ1v) is 10.9. The van der Waals surface area contributed by atoms with E-state index < -0.39 is 0 Å². The number of anilines is 2. The quantitative estimate of drug-likeness (QED) is 0.544. The first kappa shape index (κ1) is 18.4. The van der Waals surface area contributed by atoms with Gasteiger partial charge < -0.3 is 19.9 Å². The molecule has 2 fully saturated rings. The Kier molecular flexibility index (Phi) is 4.06. The first-order valence-electron chi connectivity index (χ1n) is 10.9.